The summed E-state index contributed by atoms with van der Waals surface area (Å²) in [5.41, 5.74) is 7.42. The van der Waals surface area contributed by atoms with Gasteiger partial charge in [0.2, 0.25) is 0 Å². The molecular weight excluding hydrogens is 475 g/mol. The summed E-state index contributed by atoms with van der Waals surface area (Å²) in [7, 11) is 5.49. The maximum absolute atomic E-state index is 6.12. The van der Waals surface area contributed by atoms with E-state index in [2.05, 4.69) is 119 Å². The van der Waals surface area contributed by atoms with E-state index < -0.39 is 9.52 Å². The Morgan fingerprint density at radius 1 is 0.763 bits per heavy atom. The number of imidazole rings is 1. The van der Waals surface area contributed by atoms with Crippen molar-refractivity contribution >= 4 is 17.4 Å². The summed E-state index contributed by atoms with van der Waals surface area (Å²) in [4.78, 5) is 4.34. The summed E-state index contributed by atoms with van der Waals surface area (Å²) >= 11 is 0. The van der Waals surface area contributed by atoms with Crippen LogP contribution in [-0.2, 0) is 5.16 Å². The van der Waals surface area contributed by atoms with Crippen molar-refractivity contribution in [1.82, 2.24) is 9.55 Å². The van der Waals surface area contributed by atoms with Gasteiger partial charge >= 0.3 is 0 Å². The first-order valence-electron chi connectivity index (χ1n) is 13.4. The molecule has 0 aliphatic heterocycles. The number of nitrogens with zero attached hydrogens (tertiary/aromatic N) is 2. The molecule has 38 heavy (non-hydrogen) atoms. The van der Waals surface area contributed by atoms with Gasteiger partial charge in [0.25, 0.3) is 0 Å². The monoisotopic (exact) mass is 510 g/mol. The van der Waals surface area contributed by atoms with Crippen molar-refractivity contribution in [3.05, 3.63) is 174 Å². The molecule has 0 atom stereocenters. The van der Waals surface area contributed by atoms with Crippen molar-refractivity contribution in [1.29, 1.82) is 0 Å². The summed E-state index contributed by atoms with van der Waals surface area (Å²) in [5, 5.41) is -0.136. The molecule has 0 spiro atoms. The lowest BCUT2D eigenvalue weighted by molar-refractivity contribution is 0.596. The summed E-state index contributed by atoms with van der Waals surface area (Å²) in [6, 6.07) is 41.9. The summed E-state index contributed by atoms with van der Waals surface area (Å²) in [6.07, 6.45) is 10.6. The second-order valence-corrected chi connectivity index (χ2v) is 11.2. The summed E-state index contributed by atoms with van der Waals surface area (Å²) in [6.45, 7) is 2.23. The van der Waals surface area contributed by atoms with Crippen molar-refractivity contribution < 1.29 is 0 Å². The van der Waals surface area contributed by atoms with Crippen molar-refractivity contribution in [3.63, 3.8) is 0 Å². The Bertz CT molecular complexity index is 1260. The number of hydrogen-bond donors (Lipinski definition) is 0. The molecule has 0 bridgehead atoms. The zero-order valence-electron chi connectivity index (χ0n) is 22.1. The van der Waals surface area contributed by atoms with Crippen molar-refractivity contribution in [3.8, 4) is 0 Å². The highest BCUT2D eigenvalue weighted by Gasteiger charge is 2.34. The van der Waals surface area contributed by atoms with E-state index in [0.717, 1.165) is 17.5 Å². The van der Waals surface area contributed by atoms with E-state index in [-0.39, 0.29) is 11.0 Å². The van der Waals surface area contributed by atoms with Gasteiger partial charge < -0.3 is 4.57 Å². The minimum atomic E-state index is -0.625. The van der Waals surface area contributed by atoms with Crippen molar-refractivity contribution in [2.45, 2.75) is 30.7 Å². The first-order chi connectivity index (χ1) is 18.8. The molecule has 0 saturated carbocycles. The number of benzene rings is 4. The fourth-order valence-electron chi connectivity index (χ4n) is 4.77. The average Bonchev–Trinajstić information content (AvgIpc) is 3.55. The van der Waals surface area contributed by atoms with Crippen LogP contribution in [0, 0.1) is 0 Å². The van der Waals surface area contributed by atoms with Crippen LogP contribution in [0.1, 0.15) is 47.8 Å². The van der Waals surface area contributed by atoms with Crippen LogP contribution < -0.4 is 0 Å². The normalized spacial score (nSPS) is 11.6. The van der Waals surface area contributed by atoms with E-state index in [0.29, 0.717) is 0 Å². The van der Waals surface area contributed by atoms with Gasteiger partial charge in [-0.15, -0.1) is 5.70 Å². The predicted octanol–water partition coefficient (Wildman–Crippen LogP) is 7.06. The van der Waals surface area contributed by atoms with E-state index in [9.17, 15) is 0 Å². The zero-order valence-corrected chi connectivity index (χ0v) is 23.5. The van der Waals surface area contributed by atoms with Crippen LogP contribution in [-0.4, -0.2) is 26.9 Å². The Morgan fingerprint density at radius 3 is 1.66 bits per heavy atom. The van der Waals surface area contributed by atoms with Gasteiger partial charge in [-0.05, 0) is 34.5 Å². The van der Waals surface area contributed by atoms with Gasteiger partial charge in [-0.2, -0.15) is 0 Å². The molecule has 2 radical (unpaired) electrons. The molecule has 5 aromatic rings. The van der Waals surface area contributed by atoms with Crippen LogP contribution in [0.3, 0.4) is 0 Å². The lowest BCUT2D eigenvalue weighted by Gasteiger charge is -2.36. The minimum absolute atomic E-state index is 0.0163. The number of rotatable bonds is 9. The Kier molecular flexibility index (Phi) is 10.1. The Balaban J connectivity index is 0.000000204. The van der Waals surface area contributed by atoms with Crippen LogP contribution in [0.4, 0.5) is 0 Å². The highest BCUT2D eigenvalue weighted by Crippen LogP contribution is 2.33. The van der Waals surface area contributed by atoms with Crippen molar-refractivity contribution in [2.75, 3.05) is 0 Å². The second-order valence-electron chi connectivity index (χ2n) is 9.33. The van der Waals surface area contributed by atoms with E-state index in [1.807, 2.05) is 48.9 Å². The fourth-order valence-corrected chi connectivity index (χ4v) is 6.85. The Morgan fingerprint density at radius 2 is 1.24 bits per heavy atom. The topological polar surface area (TPSA) is 17.8 Å². The molecule has 0 saturated heterocycles. The zero-order chi connectivity index (χ0) is 26.5. The van der Waals surface area contributed by atoms with Crippen LogP contribution in [0.5, 0.6) is 0 Å². The Hall–Kier alpha value is -3.89. The summed E-state index contributed by atoms with van der Waals surface area (Å²) < 4.78 is 2.29. The first-order valence-corrected chi connectivity index (χ1v) is 14.9. The standard InChI is InChI=1S/C21H24N2Si.C13H11B/c1-2-3-10-17-24-21(23-16-15-22-18-23,19-11-6-4-7-12-19)20-13-8-5-9-14-20;14-13(11-7-3-1-4-8-11)12-9-5-2-6-10-12/h4-18H,2-3,24H2,1H3;1-10,13H. The van der Waals surface area contributed by atoms with Crippen LogP contribution in [0.15, 0.2) is 152 Å². The number of unbranched alkanes of at least 4 members (excludes halogenated alkanes) is 1. The molecule has 0 aliphatic carbocycles. The smallest absolute Gasteiger partial charge is 0.0954 e. The molecule has 0 amide bonds. The molecule has 1 aromatic heterocycles. The minimum Gasteiger partial charge on any atom is -0.326 e. The largest absolute Gasteiger partial charge is 0.326 e. The van der Waals surface area contributed by atoms with Gasteiger partial charge in [0.15, 0.2) is 0 Å². The molecule has 2 nitrogen and oxygen atoms in total. The average molecular weight is 511 g/mol. The van der Waals surface area contributed by atoms with Gasteiger partial charge in [0.1, 0.15) is 0 Å². The third-order valence-electron chi connectivity index (χ3n) is 6.80. The molecule has 1 heterocycles. The second kappa shape index (κ2) is 14.2. The van der Waals surface area contributed by atoms with E-state index in [1.54, 1.807) is 0 Å². The molecule has 0 aliphatic rings. The van der Waals surface area contributed by atoms with E-state index >= 15 is 0 Å². The molecule has 5 rings (SSSR count). The Labute approximate surface area is 231 Å². The van der Waals surface area contributed by atoms with Gasteiger partial charge in [-0.1, -0.05) is 141 Å². The van der Waals surface area contributed by atoms with Crippen LogP contribution in [0.2, 0.25) is 0 Å². The quantitative estimate of drug-likeness (QED) is 0.194. The number of allylic oxidation sites excluding steroid dienone is 1. The van der Waals surface area contributed by atoms with Gasteiger partial charge in [0, 0.05) is 12.4 Å². The van der Waals surface area contributed by atoms with E-state index in [4.69, 9.17) is 7.85 Å². The SMILES string of the molecule is CCCC=C[SiH2]C(c1ccccc1)(c1ccccc1)n1ccnc1.[B]C(c1ccccc1)c1ccccc1. The highest BCUT2D eigenvalue weighted by molar-refractivity contribution is 6.47. The lowest BCUT2D eigenvalue weighted by Crippen LogP contribution is -2.41. The fraction of sp³-hybridized carbons (Fsp3) is 0.147. The lowest BCUT2D eigenvalue weighted by atomic mass is 9.76. The molecular formula is C34H35BN2Si. The third-order valence-corrected chi connectivity index (χ3v) is 9.14. The maximum Gasteiger partial charge on any atom is 0.0954 e. The third kappa shape index (κ3) is 6.70. The van der Waals surface area contributed by atoms with Crippen LogP contribution >= 0.6 is 0 Å². The molecule has 4 aromatic carbocycles. The van der Waals surface area contributed by atoms with E-state index in [1.165, 1.54) is 17.5 Å². The first kappa shape index (κ1) is 27.2. The molecule has 0 N–H and O–H groups in total. The molecule has 0 fully saturated rings. The molecule has 4 heteroatoms. The van der Waals surface area contributed by atoms with Gasteiger partial charge in [-0.25, -0.2) is 4.98 Å². The van der Waals surface area contributed by atoms with Gasteiger partial charge in [-0.3, -0.25) is 0 Å². The van der Waals surface area contributed by atoms with Gasteiger partial charge in [0.05, 0.1) is 28.9 Å². The highest BCUT2D eigenvalue weighted by atomic mass is 28.2. The van der Waals surface area contributed by atoms with Crippen molar-refractivity contribution in [2.24, 2.45) is 0 Å². The summed E-state index contributed by atoms with van der Waals surface area (Å²) in [5.74, 6) is -0.0163. The molecule has 188 valence electrons. The maximum atomic E-state index is 6.12. The number of aromatic nitrogens is 2. The predicted molar refractivity (Wildman–Crippen MR) is 164 cm³/mol. The number of hydrogen-bond acceptors (Lipinski definition) is 1. The molecule has 0 unspecified atom stereocenters. The van der Waals surface area contributed by atoms with Crippen LogP contribution in [0.25, 0.3) is 0 Å².